The lowest BCUT2D eigenvalue weighted by Crippen LogP contribution is -2.44. The molecule has 112 valence electrons. The minimum atomic E-state index is -0.919. The number of amides is 1. The lowest BCUT2D eigenvalue weighted by atomic mass is 9.92. The molecule has 0 aliphatic rings. The standard InChI is InChI=1S/C16H24FNO2/c1-11(2)16(4,20)10-18-15(19)8-12(3)13-6-5-7-14(17)9-13/h5-7,9,11-12,20H,8,10H2,1-4H3,(H,18,19). The molecule has 0 heterocycles. The maximum atomic E-state index is 13.1. The van der Waals surface area contributed by atoms with Crippen molar-refractivity contribution >= 4 is 5.91 Å². The van der Waals surface area contributed by atoms with Gasteiger partial charge in [-0.25, -0.2) is 4.39 Å². The molecule has 0 saturated heterocycles. The van der Waals surface area contributed by atoms with Gasteiger partial charge in [-0.05, 0) is 36.5 Å². The molecule has 1 rings (SSSR count). The Morgan fingerprint density at radius 2 is 2.05 bits per heavy atom. The molecule has 3 nitrogen and oxygen atoms in total. The van der Waals surface area contributed by atoms with Crippen molar-refractivity contribution in [1.29, 1.82) is 0 Å². The van der Waals surface area contributed by atoms with Gasteiger partial charge in [0, 0.05) is 13.0 Å². The molecular weight excluding hydrogens is 257 g/mol. The third-order valence-corrected chi connectivity index (χ3v) is 3.80. The molecule has 0 fully saturated rings. The van der Waals surface area contributed by atoms with E-state index in [0.717, 1.165) is 5.56 Å². The predicted molar refractivity (Wildman–Crippen MR) is 77.9 cm³/mol. The average Bonchev–Trinajstić information content (AvgIpc) is 2.36. The number of carbonyl (C=O) groups is 1. The Balaban J connectivity index is 2.50. The first kappa shape index (κ1) is 16.6. The van der Waals surface area contributed by atoms with Crippen molar-refractivity contribution in [2.24, 2.45) is 5.92 Å². The lowest BCUT2D eigenvalue weighted by Gasteiger charge is -2.28. The van der Waals surface area contributed by atoms with Gasteiger partial charge < -0.3 is 10.4 Å². The summed E-state index contributed by atoms with van der Waals surface area (Å²) in [7, 11) is 0. The number of benzene rings is 1. The van der Waals surface area contributed by atoms with E-state index < -0.39 is 5.60 Å². The number of rotatable bonds is 6. The van der Waals surface area contributed by atoms with E-state index in [1.165, 1.54) is 12.1 Å². The van der Waals surface area contributed by atoms with Crippen molar-refractivity contribution in [1.82, 2.24) is 5.32 Å². The van der Waals surface area contributed by atoms with Gasteiger partial charge in [-0.15, -0.1) is 0 Å². The number of carbonyl (C=O) groups excluding carboxylic acids is 1. The normalized spacial score (nSPS) is 15.8. The predicted octanol–water partition coefficient (Wildman–Crippen LogP) is 2.84. The van der Waals surface area contributed by atoms with E-state index in [1.807, 2.05) is 26.8 Å². The summed E-state index contributed by atoms with van der Waals surface area (Å²) in [5.74, 6) is -0.432. The Morgan fingerprint density at radius 3 is 2.60 bits per heavy atom. The first-order chi connectivity index (χ1) is 9.22. The second-order valence-electron chi connectivity index (χ2n) is 5.95. The third-order valence-electron chi connectivity index (χ3n) is 3.80. The zero-order valence-electron chi connectivity index (χ0n) is 12.6. The van der Waals surface area contributed by atoms with Crippen molar-refractivity contribution in [3.05, 3.63) is 35.6 Å². The Hall–Kier alpha value is -1.42. The third kappa shape index (κ3) is 4.93. The first-order valence-electron chi connectivity index (χ1n) is 6.97. The van der Waals surface area contributed by atoms with E-state index in [-0.39, 0.29) is 36.5 Å². The Labute approximate surface area is 120 Å². The summed E-state index contributed by atoms with van der Waals surface area (Å²) in [6, 6.07) is 6.28. The summed E-state index contributed by atoms with van der Waals surface area (Å²) in [5, 5.41) is 12.8. The summed E-state index contributed by atoms with van der Waals surface area (Å²) in [4.78, 5) is 11.9. The largest absolute Gasteiger partial charge is 0.388 e. The summed E-state index contributed by atoms with van der Waals surface area (Å²) >= 11 is 0. The highest BCUT2D eigenvalue weighted by Crippen LogP contribution is 2.20. The van der Waals surface area contributed by atoms with E-state index in [0.29, 0.717) is 0 Å². The fourth-order valence-electron chi connectivity index (χ4n) is 1.76. The van der Waals surface area contributed by atoms with Crippen LogP contribution < -0.4 is 5.32 Å². The van der Waals surface area contributed by atoms with Crippen LogP contribution in [0.4, 0.5) is 4.39 Å². The zero-order valence-corrected chi connectivity index (χ0v) is 12.6. The molecule has 4 heteroatoms. The molecule has 0 radical (unpaired) electrons. The summed E-state index contributed by atoms with van der Waals surface area (Å²) in [5.41, 5.74) is -0.117. The summed E-state index contributed by atoms with van der Waals surface area (Å²) < 4.78 is 13.1. The number of nitrogens with one attached hydrogen (secondary N) is 1. The van der Waals surface area contributed by atoms with Crippen LogP contribution in [0.2, 0.25) is 0 Å². The molecule has 0 bridgehead atoms. The smallest absolute Gasteiger partial charge is 0.220 e. The molecule has 2 atom stereocenters. The molecule has 0 aromatic heterocycles. The van der Waals surface area contributed by atoms with Crippen LogP contribution in [-0.4, -0.2) is 23.2 Å². The SMILES string of the molecule is CC(CC(=O)NCC(C)(O)C(C)C)c1cccc(F)c1. The van der Waals surface area contributed by atoms with Crippen molar-refractivity contribution in [3.63, 3.8) is 0 Å². The highest BCUT2D eigenvalue weighted by atomic mass is 19.1. The van der Waals surface area contributed by atoms with E-state index in [2.05, 4.69) is 5.32 Å². The van der Waals surface area contributed by atoms with Crippen LogP contribution in [0.15, 0.2) is 24.3 Å². The van der Waals surface area contributed by atoms with Gasteiger partial charge in [0.25, 0.3) is 0 Å². The summed E-state index contributed by atoms with van der Waals surface area (Å²) in [6.07, 6.45) is 0.275. The highest BCUT2D eigenvalue weighted by Gasteiger charge is 2.25. The number of halogens is 1. The van der Waals surface area contributed by atoms with Gasteiger partial charge in [0.2, 0.25) is 5.91 Å². The van der Waals surface area contributed by atoms with Crippen LogP contribution in [-0.2, 0) is 4.79 Å². The number of hydrogen-bond donors (Lipinski definition) is 2. The molecule has 0 aliphatic carbocycles. The number of aliphatic hydroxyl groups is 1. The Bertz CT molecular complexity index is 458. The maximum absolute atomic E-state index is 13.1. The van der Waals surface area contributed by atoms with E-state index in [1.54, 1.807) is 13.0 Å². The van der Waals surface area contributed by atoms with Gasteiger partial charge in [0.05, 0.1) is 5.60 Å². The quantitative estimate of drug-likeness (QED) is 0.842. The van der Waals surface area contributed by atoms with Gasteiger partial charge in [0.1, 0.15) is 5.82 Å². The minimum absolute atomic E-state index is 0.0587. The molecule has 0 aliphatic heterocycles. The van der Waals surface area contributed by atoms with E-state index >= 15 is 0 Å². The van der Waals surface area contributed by atoms with Gasteiger partial charge in [-0.1, -0.05) is 32.9 Å². The van der Waals surface area contributed by atoms with Crippen LogP contribution in [0.25, 0.3) is 0 Å². The molecule has 20 heavy (non-hydrogen) atoms. The summed E-state index contributed by atoms with van der Waals surface area (Å²) in [6.45, 7) is 7.62. The molecular formula is C16H24FNO2. The van der Waals surface area contributed by atoms with Gasteiger partial charge in [-0.2, -0.15) is 0 Å². The fourth-order valence-corrected chi connectivity index (χ4v) is 1.76. The molecule has 2 N–H and O–H groups in total. The van der Waals surface area contributed by atoms with Crippen LogP contribution in [0.1, 0.15) is 45.6 Å². The average molecular weight is 281 g/mol. The van der Waals surface area contributed by atoms with Gasteiger partial charge in [-0.3, -0.25) is 4.79 Å². The van der Waals surface area contributed by atoms with Crippen molar-refractivity contribution < 1.29 is 14.3 Å². The fraction of sp³-hybridized carbons (Fsp3) is 0.562. The Kier molecular flexibility index (Phi) is 5.69. The van der Waals surface area contributed by atoms with Crippen LogP contribution in [0.3, 0.4) is 0 Å². The van der Waals surface area contributed by atoms with Gasteiger partial charge >= 0.3 is 0 Å². The van der Waals surface area contributed by atoms with Crippen molar-refractivity contribution in [2.45, 2.75) is 45.6 Å². The maximum Gasteiger partial charge on any atom is 0.220 e. The second kappa shape index (κ2) is 6.84. The minimum Gasteiger partial charge on any atom is -0.388 e. The Morgan fingerprint density at radius 1 is 1.40 bits per heavy atom. The lowest BCUT2D eigenvalue weighted by molar-refractivity contribution is -0.123. The molecule has 1 aromatic rings. The molecule has 2 unspecified atom stereocenters. The van der Waals surface area contributed by atoms with Crippen molar-refractivity contribution in [2.75, 3.05) is 6.54 Å². The van der Waals surface area contributed by atoms with Crippen LogP contribution >= 0.6 is 0 Å². The molecule has 1 amide bonds. The topological polar surface area (TPSA) is 49.3 Å². The molecule has 0 saturated carbocycles. The number of hydrogen-bond acceptors (Lipinski definition) is 2. The first-order valence-corrected chi connectivity index (χ1v) is 6.97. The van der Waals surface area contributed by atoms with Crippen LogP contribution in [0.5, 0.6) is 0 Å². The highest BCUT2D eigenvalue weighted by molar-refractivity contribution is 5.76. The molecule has 1 aromatic carbocycles. The van der Waals surface area contributed by atoms with Crippen molar-refractivity contribution in [3.8, 4) is 0 Å². The zero-order chi connectivity index (χ0) is 15.3. The van der Waals surface area contributed by atoms with Crippen LogP contribution in [0, 0.1) is 11.7 Å². The van der Waals surface area contributed by atoms with Gasteiger partial charge in [0.15, 0.2) is 0 Å². The van der Waals surface area contributed by atoms with E-state index in [4.69, 9.17) is 0 Å². The van der Waals surface area contributed by atoms with E-state index in [9.17, 15) is 14.3 Å². The second-order valence-corrected chi connectivity index (χ2v) is 5.95. The molecule has 0 spiro atoms. The monoisotopic (exact) mass is 281 g/mol.